The summed E-state index contributed by atoms with van der Waals surface area (Å²) in [5.41, 5.74) is 8.71. The number of para-hydroxylation sites is 1. The zero-order valence-corrected chi connectivity index (χ0v) is 24.0. The molecule has 0 amide bonds. The van der Waals surface area contributed by atoms with Crippen LogP contribution in [0.5, 0.6) is 11.5 Å². The van der Waals surface area contributed by atoms with Crippen LogP contribution in [0.3, 0.4) is 0 Å². The molecule has 0 atom stereocenters. The number of rotatable bonds is 5. The van der Waals surface area contributed by atoms with Gasteiger partial charge < -0.3 is 4.74 Å². The van der Waals surface area contributed by atoms with Gasteiger partial charge in [0.05, 0.1) is 16.8 Å². The lowest BCUT2D eigenvalue weighted by Crippen LogP contribution is -2.34. The maximum atomic E-state index is 6.62. The Labute approximate surface area is 257 Å². The van der Waals surface area contributed by atoms with Crippen LogP contribution < -0.4 is 4.74 Å². The van der Waals surface area contributed by atoms with Crippen molar-refractivity contribution in [3.8, 4) is 45.4 Å². The average Bonchev–Trinajstić information content (AvgIpc) is 3.12. The van der Waals surface area contributed by atoms with Gasteiger partial charge in [-0.05, 0) is 41.5 Å². The minimum atomic E-state index is -0.597. The minimum Gasteiger partial charge on any atom is -0.457 e. The van der Waals surface area contributed by atoms with E-state index in [1.165, 1.54) is 11.1 Å². The summed E-state index contributed by atoms with van der Waals surface area (Å²) in [5, 5.41) is 0. The van der Waals surface area contributed by atoms with E-state index in [1.54, 1.807) is 0 Å². The fraction of sp³-hybridized carbons (Fsp3) is 0.0244. The second-order valence-electron chi connectivity index (χ2n) is 11.0. The van der Waals surface area contributed by atoms with Gasteiger partial charge in [-0.15, -0.1) is 0 Å². The molecule has 2 heterocycles. The molecule has 7 aromatic rings. The summed E-state index contributed by atoms with van der Waals surface area (Å²) in [7, 11) is 0. The third kappa shape index (κ3) is 4.29. The number of benzene rings is 6. The van der Waals surface area contributed by atoms with E-state index in [9.17, 15) is 0 Å². The van der Waals surface area contributed by atoms with Gasteiger partial charge in [0.25, 0.3) is 0 Å². The second kappa shape index (κ2) is 10.8. The van der Waals surface area contributed by atoms with E-state index in [-0.39, 0.29) is 0 Å². The van der Waals surface area contributed by atoms with Gasteiger partial charge in [-0.2, -0.15) is 0 Å². The van der Waals surface area contributed by atoms with Crippen molar-refractivity contribution >= 4 is 0 Å². The molecule has 1 aliphatic rings. The number of ether oxygens (including phenoxy) is 1. The summed E-state index contributed by atoms with van der Waals surface area (Å²) < 4.78 is 6.62. The quantitative estimate of drug-likeness (QED) is 0.209. The molecule has 0 aliphatic carbocycles. The highest BCUT2D eigenvalue weighted by Gasteiger charge is 2.45. The Morgan fingerprint density at radius 2 is 0.886 bits per heavy atom. The normalized spacial score (nSPS) is 12.9. The Balaban J connectivity index is 1.41. The van der Waals surface area contributed by atoms with Crippen LogP contribution in [-0.2, 0) is 5.41 Å². The van der Waals surface area contributed by atoms with Crippen molar-refractivity contribution in [2.45, 2.75) is 5.41 Å². The fourth-order valence-corrected chi connectivity index (χ4v) is 6.43. The van der Waals surface area contributed by atoms with Crippen molar-refractivity contribution in [2.24, 2.45) is 0 Å². The van der Waals surface area contributed by atoms with Crippen LogP contribution in [0.1, 0.15) is 22.3 Å². The zero-order valence-electron chi connectivity index (χ0n) is 24.0. The number of aromatic nitrogens is 2. The molecule has 0 fully saturated rings. The van der Waals surface area contributed by atoms with E-state index in [2.05, 4.69) is 127 Å². The summed E-state index contributed by atoms with van der Waals surface area (Å²) in [4.78, 5) is 10.1. The topological polar surface area (TPSA) is 35.0 Å². The molecule has 1 aromatic heterocycles. The average molecular weight is 565 g/mol. The van der Waals surface area contributed by atoms with Crippen molar-refractivity contribution in [3.63, 3.8) is 0 Å². The highest BCUT2D eigenvalue weighted by molar-refractivity contribution is 5.76. The van der Waals surface area contributed by atoms with Crippen LogP contribution in [0.25, 0.3) is 33.9 Å². The first kappa shape index (κ1) is 25.9. The summed E-state index contributed by atoms with van der Waals surface area (Å²) in [6, 6.07) is 58.9. The Morgan fingerprint density at radius 3 is 1.52 bits per heavy atom. The predicted octanol–water partition coefficient (Wildman–Crippen LogP) is 9.97. The first-order valence-electron chi connectivity index (χ1n) is 14.8. The van der Waals surface area contributed by atoms with E-state index < -0.39 is 5.41 Å². The largest absolute Gasteiger partial charge is 0.457 e. The van der Waals surface area contributed by atoms with Gasteiger partial charge in [0.2, 0.25) is 0 Å². The number of fused-ring (bicyclic) bond motifs is 2. The van der Waals surface area contributed by atoms with Crippen molar-refractivity contribution in [2.75, 3.05) is 0 Å². The van der Waals surface area contributed by atoms with E-state index in [0.29, 0.717) is 5.82 Å². The van der Waals surface area contributed by atoms with Gasteiger partial charge >= 0.3 is 0 Å². The molecule has 0 N–H and O–H groups in total. The van der Waals surface area contributed by atoms with Crippen LogP contribution in [-0.4, -0.2) is 9.97 Å². The minimum absolute atomic E-state index is 0.597. The van der Waals surface area contributed by atoms with Crippen molar-refractivity contribution < 1.29 is 4.74 Å². The van der Waals surface area contributed by atoms with Gasteiger partial charge in [0, 0.05) is 27.8 Å². The highest BCUT2D eigenvalue weighted by Crippen LogP contribution is 2.55. The zero-order chi connectivity index (χ0) is 29.3. The van der Waals surface area contributed by atoms with E-state index in [4.69, 9.17) is 14.7 Å². The highest BCUT2D eigenvalue weighted by atomic mass is 16.5. The molecule has 44 heavy (non-hydrogen) atoms. The first-order valence-corrected chi connectivity index (χ1v) is 14.8. The molecule has 6 aromatic carbocycles. The van der Waals surface area contributed by atoms with Crippen LogP contribution in [0, 0.1) is 0 Å². The summed E-state index contributed by atoms with van der Waals surface area (Å²) in [5.74, 6) is 2.39. The molecule has 0 unspecified atom stereocenters. The molecule has 0 spiro atoms. The molecule has 8 rings (SSSR count). The lowest BCUT2D eigenvalue weighted by atomic mass is 9.63. The van der Waals surface area contributed by atoms with Crippen LogP contribution in [0.2, 0.25) is 0 Å². The molecule has 3 heteroatoms. The second-order valence-corrected chi connectivity index (χ2v) is 11.0. The Hall–Kier alpha value is -5.80. The predicted molar refractivity (Wildman–Crippen MR) is 177 cm³/mol. The summed E-state index contributed by atoms with van der Waals surface area (Å²) >= 11 is 0. The van der Waals surface area contributed by atoms with E-state index in [1.807, 2.05) is 42.5 Å². The Kier molecular flexibility index (Phi) is 6.35. The van der Waals surface area contributed by atoms with Gasteiger partial charge in [-0.1, -0.05) is 140 Å². The van der Waals surface area contributed by atoms with Crippen LogP contribution in [0.4, 0.5) is 0 Å². The van der Waals surface area contributed by atoms with Crippen LogP contribution in [0.15, 0.2) is 170 Å². The third-order valence-corrected chi connectivity index (χ3v) is 8.43. The van der Waals surface area contributed by atoms with Gasteiger partial charge in [0.15, 0.2) is 5.82 Å². The lowest BCUT2D eigenvalue weighted by Gasteiger charge is -2.41. The maximum Gasteiger partial charge on any atom is 0.160 e. The molecule has 0 radical (unpaired) electrons. The van der Waals surface area contributed by atoms with Gasteiger partial charge in [-0.3, -0.25) is 0 Å². The monoisotopic (exact) mass is 564 g/mol. The SMILES string of the molecule is c1ccc(-c2cc(-c3ccc4c(c3)C(c3ccccc3)(c3ccccc3)c3ccccc3O4)nc(-c3ccccc3)n2)cc1. The molecule has 1 aliphatic heterocycles. The number of hydrogen-bond donors (Lipinski definition) is 0. The van der Waals surface area contributed by atoms with Crippen molar-refractivity contribution in [1.82, 2.24) is 9.97 Å². The first-order chi connectivity index (χ1) is 21.8. The van der Waals surface area contributed by atoms with Gasteiger partial charge in [-0.25, -0.2) is 9.97 Å². The molecule has 0 saturated carbocycles. The maximum absolute atomic E-state index is 6.62. The molecule has 0 bridgehead atoms. The lowest BCUT2D eigenvalue weighted by molar-refractivity contribution is 0.434. The Morgan fingerprint density at radius 1 is 0.386 bits per heavy atom. The summed E-state index contributed by atoms with van der Waals surface area (Å²) in [6.45, 7) is 0. The van der Waals surface area contributed by atoms with Crippen molar-refractivity contribution in [1.29, 1.82) is 0 Å². The Bertz CT molecular complexity index is 1980. The molecular formula is C41H28N2O. The van der Waals surface area contributed by atoms with E-state index in [0.717, 1.165) is 50.7 Å². The molecule has 208 valence electrons. The fourth-order valence-electron chi connectivity index (χ4n) is 6.43. The number of hydrogen-bond acceptors (Lipinski definition) is 3. The number of nitrogens with zero attached hydrogens (tertiary/aromatic N) is 2. The van der Waals surface area contributed by atoms with E-state index >= 15 is 0 Å². The summed E-state index contributed by atoms with van der Waals surface area (Å²) in [6.07, 6.45) is 0. The molecular weight excluding hydrogens is 536 g/mol. The third-order valence-electron chi connectivity index (χ3n) is 8.43. The van der Waals surface area contributed by atoms with Gasteiger partial charge in [0.1, 0.15) is 11.5 Å². The molecule has 3 nitrogen and oxygen atoms in total. The van der Waals surface area contributed by atoms with Crippen LogP contribution >= 0.6 is 0 Å². The van der Waals surface area contributed by atoms with Crippen molar-refractivity contribution in [3.05, 3.63) is 192 Å². The standard InChI is InChI=1S/C41H28N2O/c1-5-15-29(16-6-1)36-28-37(43-40(42-36)30-17-7-2-8-18-30)31-25-26-39-35(27-31)41(32-19-9-3-10-20-32,33-21-11-4-12-22-33)34-23-13-14-24-38(34)44-39/h1-28H. The smallest absolute Gasteiger partial charge is 0.160 e. The molecule has 0 saturated heterocycles.